The fourth-order valence-electron chi connectivity index (χ4n) is 4.74. The number of benzene rings is 1. The van der Waals surface area contributed by atoms with Crippen molar-refractivity contribution in [2.24, 2.45) is 5.92 Å². The first kappa shape index (κ1) is 19.2. The van der Waals surface area contributed by atoms with E-state index >= 15 is 0 Å². The maximum Gasteiger partial charge on any atom is 0.311 e. The minimum absolute atomic E-state index is 0.0397. The van der Waals surface area contributed by atoms with Crippen LogP contribution in [0.25, 0.3) is 5.65 Å². The average molecular weight is 419 g/mol. The second kappa shape index (κ2) is 7.50. The monoisotopic (exact) mass is 419 g/mol. The fraction of sp³-hybridized carbons (Fsp3) is 0.318. The molecule has 1 aromatic carbocycles. The Morgan fingerprint density at radius 2 is 1.94 bits per heavy atom. The molecule has 0 unspecified atom stereocenters. The summed E-state index contributed by atoms with van der Waals surface area (Å²) in [5.74, 6) is -1.23. The lowest BCUT2D eigenvalue weighted by Gasteiger charge is -2.40. The molecule has 2 aromatic heterocycles. The number of rotatable bonds is 3. The number of hydrogen-bond acceptors (Lipinski definition) is 6. The number of fused-ring (bicyclic) bond motifs is 2. The van der Waals surface area contributed by atoms with E-state index in [0.29, 0.717) is 24.2 Å². The van der Waals surface area contributed by atoms with E-state index in [9.17, 15) is 14.4 Å². The lowest BCUT2D eigenvalue weighted by Crippen LogP contribution is -2.55. The van der Waals surface area contributed by atoms with Crippen molar-refractivity contribution in [3.05, 3.63) is 66.1 Å². The van der Waals surface area contributed by atoms with Crippen LogP contribution in [0.4, 0.5) is 0 Å². The number of carbonyl (C=O) groups is 3. The third kappa shape index (κ3) is 3.22. The van der Waals surface area contributed by atoms with Crippen molar-refractivity contribution in [1.82, 2.24) is 24.4 Å². The first-order valence-electron chi connectivity index (χ1n) is 10.1. The quantitative estimate of drug-likeness (QED) is 0.594. The van der Waals surface area contributed by atoms with Gasteiger partial charge >= 0.3 is 5.97 Å². The molecule has 158 valence electrons. The highest BCUT2D eigenvalue weighted by molar-refractivity contribution is 5.97. The van der Waals surface area contributed by atoms with Gasteiger partial charge in [-0.05, 0) is 24.1 Å². The van der Waals surface area contributed by atoms with Gasteiger partial charge in [-0.2, -0.15) is 5.10 Å². The van der Waals surface area contributed by atoms with Crippen LogP contribution in [0.3, 0.4) is 0 Å². The fourth-order valence-corrected chi connectivity index (χ4v) is 4.74. The minimum atomic E-state index is -0.470. The largest absolute Gasteiger partial charge is 0.469 e. The van der Waals surface area contributed by atoms with Gasteiger partial charge in [0.1, 0.15) is 12.9 Å². The van der Waals surface area contributed by atoms with E-state index in [0.717, 1.165) is 5.56 Å². The predicted molar refractivity (Wildman–Crippen MR) is 109 cm³/mol. The predicted octanol–water partition coefficient (Wildman–Crippen LogP) is 1.32. The number of pyridine rings is 1. The van der Waals surface area contributed by atoms with Gasteiger partial charge in [0.15, 0.2) is 5.65 Å². The molecule has 3 aromatic rings. The number of aromatic nitrogens is 3. The van der Waals surface area contributed by atoms with Gasteiger partial charge in [0, 0.05) is 12.7 Å². The van der Waals surface area contributed by atoms with Gasteiger partial charge in [-0.3, -0.25) is 14.4 Å². The third-order valence-corrected chi connectivity index (χ3v) is 6.10. The molecule has 2 aliphatic rings. The van der Waals surface area contributed by atoms with E-state index in [1.54, 1.807) is 28.1 Å². The van der Waals surface area contributed by atoms with Crippen LogP contribution in [-0.2, 0) is 14.3 Å². The summed E-state index contributed by atoms with van der Waals surface area (Å²) >= 11 is 0. The molecule has 2 saturated heterocycles. The maximum atomic E-state index is 13.2. The van der Waals surface area contributed by atoms with Gasteiger partial charge in [0.2, 0.25) is 5.91 Å². The lowest BCUT2D eigenvalue weighted by molar-refractivity contribution is -0.147. The molecule has 5 rings (SSSR count). The Morgan fingerprint density at radius 1 is 1.13 bits per heavy atom. The summed E-state index contributed by atoms with van der Waals surface area (Å²) in [6, 6.07) is 12.3. The maximum absolute atomic E-state index is 13.2. The summed E-state index contributed by atoms with van der Waals surface area (Å²) in [6.45, 7) is 0.318. The molecule has 9 heteroatoms. The van der Waals surface area contributed by atoms with E-state index in [2.05, 4.69) is 10.1 Å². The van der Waals surface area contributed by atoms with Gasteiger partial charge in [0.05, 0.1) is 30.7 Å². The Bertz CT molecular complexity index is 1160. The second-order valence-corrected chi connectivity index (χ2v) is 7.84. The SMILES string of the molecule is COC(=O)[C@H]1C[C@H]2CN(C(=O)c3ccc4ncnn4c3)CC(=O)N2[C@H]1c1ccccc1. The molecule has 2 amide bonds. The highest BCUT2D eigenvalue weighted by Crippen LogP contribution is 2.43. The summed E-state index contributed by atoms with van der Waals surface area (Å²) in [5, 5.41) is 4.07. The van der Waals surface area contributed by atoms with Gasteiger partial charge in [-0.15, -0.1) is 0 Å². The average Bonchev–Trinajstić information content (AvgIpc) is 3.43. The van der Waals surface area contributed by atoms with Gasteiger partial charge in [-0.1, -0.05) is 30.3 Å². The number of hydrogen-bond donors (Lipinski definition) is 0. The first-order valence-corrected chi connectivity index (χ1v) is 10.1. The van der Waals surface area contributed by atoms with Crippen molar-refractivity contribution in [3.63, 3.8) is 0 Å². The van der Waals surface area contributed by atoms with Crippen molar-refractivity contribution in [3.8, 4) is 0 Å². The molecule has 0 N–H and O–H groups in total. The zero-order valence-corrected chi connectivity index (χ0v) is 16.9. The van der Waals surface area contributed by atoms with Crippen LogP contribution in [0, 0.1) is 5.92 Å². The van der Waals surface area contributed by atoms with Crippen LogP contribution in [0.15, 0.2) is 55.0 Å². The number of amides is 2. The van der Waals surface area contributed by atoms with Crippen molar-refractivity contribution in [2.75, 3.05) is 20.2 Å². The number of nitrogens with zero attached hydrogens (tertiary/aromatic N) is 5. The van der Waals surface area contributed by atoms with Crippen LogP contribution in [0.5, 0.6) is 0 Å². The normalized spacial score (nSPS) is 23.1. The lowest BCUT2D eigenvalue weighted by atomic mass is 9.93. The molecule has 0 radical (unpaired) electrons. The molecule has 2 aliphatic heterocycles. The zero-order valence-electron chi connectivity index (χ0n) is 16.9. The van der Waals surface area contributed by atoms with E-state index in [4.69, 9.17) is 4.74 Å². The molecule has 0 spiro atoms. The smallest absolute Gasteiger partial charge is 0.311 e. The topological polar surface area (TPSA) is 97.1 Å². The Balaban J connectivity index is 1.43. The van der Waals surface area contributed by atoms with E-state index in [1.165, 1.54) is 18.0 Å². The van der Waals surface area contributed by atoms with Gasteiger partial charge < -0.3 is 14.5 Å². The molecule has 2 fully saturated rings. The zero-order chi connectivity index (χ0) is 21.5. The number of methoxy groups -OCH3 is 1. The van der Waals surface area contributed by atoms with E-state index < -0.39 is 12.0 Å². The number of esters is 1. The summed E-state index contributed by atoms with van der Waals surface area (Å²) < 4.78 is 6.56. The number of ether oxygens (including phenoxy) is 1. The molecule has 0 aliphatic carbocycles. The Morgan fingerprint density at radius 3 is 2.71 bits per heavy atom. The first-order chi connectivity index (χ1) is 15.1. The van der Waals surface area contributed by atoms with Crippen molar-refractivity contribution in [2.45, 2.75) is 18.5 Å². The summed E-state index contributed by atoms with van der Waals surface area (Å²) in [6.07, 6.45) is 3.48. The van der Waals surface area contributed by atoms with Crippen molar-refractivity contribution >= 4 is 23.4 Å². The van der Waals surface area contributed by atoms with Crippen LogP contribution in [0.2, 0.25) is 0 Å². The molecule has 0 bridgehead atoms. The molecule has 9 nitrogen and oxygen atoms in total. The van der Waals surface area contributed by atoms with Crippen LogP contribution in [-0.4, -0.2) is 68.4 Å². The van der Waals surface area contributed by atoms with Crippen LogP contribution < -0.4 is 0 Å². The highest BCUT2D eigenvalue weighted by Gasteiger charge is 2.51. The van der Waals surface area contributed by atoms with Crippen LogP contribution >= 0.6 is 0 Å². The Kier molecular flexibility index (Phi) is 4.65. The van der Waals surface area contributed by atoms with Crippen LogP contribution in [0.1, 0.15) is 28.4 Å². The Labute approximate surface area is 178 Å². The summed E-state index contributed by atoms with van der Waals surface area (Å²) in [5.41, 5.74) is 1.96. The molecule has 0 saturated carbocycles. The van der Waals surface area contributed by atoms with Crippen molar-refractivity contribution < 1.29 is 19.1 Å². The van der Waals surface area contributed by atoms with Gasteiger partial charge in [0.25, 0.3) is 5.91 Å². The minimum Gasteiger partial charge on any atom is -0.469 e. The molecule has 4 heterocycles. The standard InChI is InChI=1S/C22H21N5O4/c1-31-22(30)17-9-16-11-25(21(29)15-7-8-18-23-13-24-26(18)10-15)12-19(28)27(16)20(17)14-5-3-2-4-6-14/h2-8,10,13,16-17,20H,9,11-12H2,1H3/t16-,17-,20-/m0/s1. The highest BCUT2D eigenvalue weighted by atomic mass is 16.5. The van der Waals surface area contributed by atoms with Gasteiger partial charge in [-0.25, -0.2) is 9.50 Å². The van der Waals surface area contributed by atoms with Crippen molar-refractivity contribution in [1.29, 1.82) is 0 Å². The second-order valence-electron chi connectivity index (χ2n) is 7.84. The third-order valence-electron chi connectivity index (χ3n) is 6.10. The Hall–Kier alpha value is -3.75. The van der Waals surface area contributed by atoms with E-state index in [1.807, 2.05) is 30.3 Å². The summed E-state index contributed by atoms with van der Waals surface area (Å²) in [4.78, 5) is 46.2. The molecular formula is C22H21N5O4. The molecule has 3 atom stereocenters. The van der Waals surface area contributed by atoms with E-state index in [-0.39, 0.29) is 30.4 Å². The molecular weight excluding hydrogens is 398 g/mol. The molecule has 31 heavy (non-hydrogen) atoms. The summed E-state index contributed by atoms with van der Waals surface area (Å²) in [7, 11) is 1.36. The number of piperazine rings is 1. The number of carbonyl (C=O) groups excluding carboxylic acids is 3.